The maximum absolute atomic E-state index is 5.91. The minimum absolute atomic E-state index is 0.394. The molecule has 1 saturated carbocycles. The summed E-state index contributed by atoms with van der Waals surface area (Å²) in [6, 6.07) is 2.63. The molecule has 2 N–H and O–H groups in total. The predicted octanol–water partition coefficient (Wildman–Crippen LogP) is 2.10. The van der Waals surface area contributed by atoms with E-state index in [0.717, 1.165) is 6.61 Å². The average Bonchev–Trinajstić information content (AvgIpc) is 2.51. The molecule has 0 aliphatic heterocycles. The molecule has 2 atom stereocenters. The van der Waals surface area contributed by atoms with Crippen LogP contribution in [0.5, 0.6) is 0 Å². The van der Waals surface area contributed by atoms with E-state index in [4.69, 9.17) is 10.5 Å². The zero-order chi connectivity index (χ0) is 9.26. The van der Waals surface area contributed by atoms with E-state index in [9.17, 15) is 0 Å². The Kier molecular flexibility index (Phi) is 2.67. The fourth-order valence-electron chi connectivity index (χ4n) is 1.75. The quantitative estimate of drug-likeness (QED) is 0.805. The first kappa shape index (κ1) is 9.19. The van der Waals surface area contributed by atoms with Crippen molar-refractivity contribution in [3.8, 4) is 0 Å². The summed E-state index contributed by atoms with van der Waals surface area (Å²) in [7, 11) is 1.73. The monoisotopic (exact) mass is 197 g/mol. The van der Waals surface area contributed by atoms with Crippen molar-refractivity contribution in [2.75, 3.05) is 7.11 Å². The van der Waals surface area contributed by atoms with Gasteiger partial charge in [0.15, 0.2) is 0 Å². The zero-order valence-corrected chi connectivity index (χ0v) is 8.64. The van der Waals surface area contributed by atoms with Crippen molar-refractivity contribution in [1.82, 2.24) is 0 Å². The number of rotatable bonds is 3. The van der Waals surface area contributed by atoms with Crippen LogP contribution >= 0.6 is 11.3 Å². The fraction of sp³-hybridized carbons (Fsp3) is 0.600. The molecule has 2 rings (SSSR count). The van der Waals surface area contributed by atoms with Gasteiger partial charge in [-0.05, 0) is 35.8 Å². The molecule has 0 bridgehead atoms. The Balaban J connectivity index is 2.04. The number of thiophene rings is 1. The van der Waals surface area contributed by atoms with Crippen LogP contribution in [0.25, 0.3) is 0 Å². The lowest BCUT2D eigenvalue weighted by molar-refractivity contribution is 0.187. The Hall–Kier alpha value is -0.380. The molecule has 0 spiro atoms. The summed E-state index contributed by atoms with van der Waals surface area (Å²) in [4.78, 5) is 1.30. The van der Waals surface area contributed by atoms with Gasteiger partial charge in [-0.2, -0.15) is 0 Å². The molecule has 1 aliphatic rings. The van der Waals surface area contributed by atoms with E-state index in [-0.39, 0.29) is 0 Å². The van der Waals surface area contributed by atoms with Crippen LogP contribution in [0.3, 0.4) is 0 Å². The van der Waals surface area contributed by atoms with Gasteiger partial charge in [-0.1, -0.05) is 0 Å². The lowest BCUT2D eigenvalue weighted by Crippen LogP contribution is -2.37. The highest BCUT2D eigenvalue weighted by Gasteiger charge is 2.29. The second-order valence-corrected chi connectivity index (χ2v) is 4.62. The Morgan fingerprint density at radius 2 is 2.46 bits per heavy atom. The Bertz CT molecular complexity index is 284. The van der Waals surface area contributed by atoms with Gasteiger partial charge in [-0.3, -0.25) is 0 Å². The minimum Gasteiger partial charge on any atom is -0.379 e. The molecule has 1 aromatic heterocycles. The molecule has 2 nitrogen and oxygen atoms in total. The molecular weight excluding hydrogens is 182 g/mol. The standard InChI is InChI=1S/C10H15NOS/c1-12-5-8-4-7(6-13-8)9-2-3-10(9)11/h4,6,9-10H,2-3,5,11H2,1H3. The topological polar surface area (TPSA) is 35.2 Å². The Labute approximate surface area is 82.7 Å². The van der Waals surface area contributed by atoms with Crippen LogP contribution in [0.2, 0.25) is 0 Å². The molecule has 72 valence electrons. The largest absolute Gasteiger partial charge is 0.379 e. The van der Waals surface area contributed by atoms with Crippen molar-refractivity contribution in [2.24, 2.45) is 5.73 Å². The molecule has 13 heavy (non-hydrogen) atoms. The highest BCUT2D eigenvalue weighted by Crippen LogP contribution is 2.37. The van der Waals surface area contributed by atoms with Crippen molar-refractivity contribution in [3.63, 3.8) is 0 Å². The van der Waals surface area contributed by atoms with Gasteiger partial charge < -0.3 is 10.5 Å². The second-order valence-electron chi connectivity index (χ2n) is 3.63. The third kappa shape index (κ3) is 1.77. The lowest BCUT2D eigenvalue weighted by Gasteiger charge is -2.33. The summed E-state index contributed by atoms with van der Waals surface area (Å²) < 4.78 is 5.08. The molecule has 1 fully saturated rings. The van der Waals surface area contributed by atoms with Gasteiger partial charge >= 0.3 is 0 Å². The summed E-state index contributed by atoms with van der Waals surface area (Å²) in [5.74, 6) is 0.613. The van der Waals surface area contributed by atoms with E-state index in [1.807, 2.05) is 0 Å². The smallest absolute Gasteiger partial charge is 0.0805 e. The maximum atomic E-state index is 5.91. The van der Waals surface area contributed by atoms with Crippen molar-refractivity contribution < 1.29 is 4.74 Å². The molecule has 1 heterocycles. The number of methoxy groups -OCH3 is 1. The number of hydrogen-bond donors (Lipinski definition) is 1. The molecule has 1 aromatic rings. The van der Waals surface area contributed by atoms with Crippen molar-refractivity contribution in [3.05, 3.63) is 21.9 Å². The Morgan fingerprint density at radius 3 is 3.00 bits per heavy atom. The van der Waals surface area contributed by atoms with E-state index in [1.165, 1.54) is 23.3 Å². The van der Waals surface area contributed by atoms with Crippen LogP contribution in [-0.2, 0) is 11.3 Å². The van der Waals surface area contributed by atoms with Crippen LogP contribution in [0.1, 0.15) is 29.2 Å². The summed E-state index contributed by atoms with van der Waals surface area (Å²) in [5, 5.41) is 2.22. The van der Waals surface area contributed by atoms with E-state index in [0.29, 0.717) is 12.0 Å². The van der Waals surface area contributed by atoms with Gasteiger partial charge in [0.05, 0.1) is 6.61 Å². The number of nitrogens with two attached hydrogens (primary N) is 1. The van der Waals surface area contributed by atoms with E-state index in [1.54, 1.807) is 18.4 Å². The second kappa shape index (κ2) is 3.78. The maximum Gasteiger partial charge on any atom is 0.0805 e. The van der Waals surface area contributed by atoms with Gasteiger partial charge in [-0.15, -0.1) is 11.3 Å². The minimum atomic E-state index is 0.394. The van der Waals surface area contributed by atoms with Crippen LogP contribution < -0.4 is 5.73 Å². The van der Waals surface area contributed by atoms with Crippen molar-refractivity contribution in [1.29, 1.82) is 0 Å². The molecule has 0 aromatic carbocycles. The highest BCUT2D eigenvalue weighted by molar-refractivity contribution is 7.10. The van der Waals surface area contributed by atoms with Gasteiger partial charge in [-0.25, -0.2) is 0 Å². The highest BCUT2D eigenvalue weighted by atomic mass is 32.1. The third-order valence-corrected chi connectivity index (χ3v) is 3.65. The van der Waals surface area contributed by atoms with Gasteiger partial charge in [0, 0.05) is 18.0 Å². The molecule has 1 aliphatic carbocycles. The summed E-state index contributed by atoms with van der Waals surface area (Å²) in [6.45, 7) is 0.729. The van der Waals surface area contributed by atoms with Crippen LogP contribution in [0.4, 0.5) is 0 Å². The van der Waals surface area contributed by atoms with Crippen LogP contribution in [0.15, 0.2) is 11.4 Å². The van der Waals surface area contributed by atoms with E-state index in [2.05, 4.69) is 11.4 Å². The number of ether oxygens (including phenoxy) is 1. The average molecular weight is 197 g/mol. The Morgan fingerprint density at radius 1 is 1.62 bits per heavy atom. The zero-order valence-electron chi connectivity index (χ0n) is 7.82. The summed E-state index contributed by atoms with van der Waals surface area (Å²) >= 11 is 1.77. The molecular formula is C10H15NOS. The predicted molar refractivity (Wildman–Crippen MR) is 55.0 cm³/mol. The normalized spacial score (nSPS) is 27.2. The molecule has 0 saturated heterocycles. The summed E-state index contributed by atoms with van der Waals surface area (Å²) in [5.41, 5.74) is 7.32. The lowest BCUT2D eigenvalue weighted by atomic mass is 9.76. The third-order valence-electron chi connectivity index (χ3n) is 2.72. The first-order chi connectivity index (χ1) is 6.31. The number of hydrogen-bond acceptors (Lipinski definition) is 3. The molecule has 0 radical (unpaired) electrons. The first-order valence-corrected chi connectivity index (χ1v) is 5.51. The SMILES string of the molecule is COCc1cc(C2CCC2N)cs1. The molecule has 2 unspecified atom stereocenters. The van der Waals surface area contributed by atoms with Crippen LogP contribution in [-0.4, -0.2) is 13.2 Å². The van der Waals surface area contributed by atoms with E-state index < -0.39 is 0 Å². The van der Waals surface area contributed by atoms with Crippen molar-refractivity contribution >= 4 is 11.3 Å². The fourth-order valence-corrected chi connectivity index (χ4v) is 2.67. The first-order valence-electron chi connectivity index (χ1n) is 4.63. The van der Waals surface area contributed by atoms with Gasteiger partial charge in [0.2, 0.25) is 0 Å². The van der Waals surface area contributed by atoms with Gasteiger partial charge in [0.1, 0.15) is 0 Å². The van der Waals surface area contributed by atoms with E-state index >= 15 is 0 Å². The molecule has 0 amide bonds. The van der Waals surface area contributed by atoms with Crippen molar-refractivity contribution in [2.45, 2.75) is 31.4 Å². The molecule has 3 heteroatoms. The van der Waals surface area contributed by atoms with Crippen LogP contribution in [0, 0.1) is 0 Å². The van der Waals surface area contributed by atoms with Gasteiger partial charge in [0.25, 0.3) is 0 Å². The summed E-state index contributed by atoms with van der Waals surface area (Å²) in [6.07, 6.45) is 2.43.